The molecule has 6 heteroatoms. The number of Topliss-reactive ketones (excluding diaryl/α,β-unsaturated/α-hetero) is 1. The number of nitrogens with one attached hydrogen (secondary N) is 1. The quantitative estimate of drug-likeness (QED) is 0.673. The number of nitrogen functional groups attached to an aromatic ring is 1. The van der Waals surface area contributed by atoms with Crippen LogP contribution >= 0.6 is 11.3 Å². The molecule has 110 valence electrons. The van der Waals surface area contributed by atoms with Gasteiger partial charge in [0.2, 0.25) is 0 Å². The van der Waals surface area contributed by atoms with Gasteiger partial charge in [-0.3, -0.25) is 9.59 Å². The Morgan fingerprint density at radius 3 is 2.40 bits per heavy atom. The first-order valence-corrected chi connectivity index (χ1v) is 7.83. The van der Waals surface area contributed by atoms with Crippen LogP contribution in [0.4, 0.5) is 10.7 Å². The summed E-state index contributed by atoms with van der Waals surface area (Å²) in [5.41, 5.74) is 11.9. The van der Waals surface area contributed by atoms with Gasteiger partial charge in [0.1, 0.15) is 5.00 Å². The summed E-state index contributed by atoms with van der Waals surface area (Å²) in [7, 11) is 0. The van der Waals surface area contributed by atoms with Gasteiger partial charge in [0.15, 0.2) is 5.78 Å². The van der Waals surface area contributed by atoms with Crippen molar-refractivity contribution < 1.29 is 9.59 Å². The molecule has 1 aromatic rings. The number of rotatable bonds is 7. The number of nitrogens with two attached hydrogens (primary N) is 2. The summed E-state index contributed by atoms with van der Waals surface area (Å²) in [5.74, 6) is -0.452. The molecule has 1 saturated carbocycles. The first-order chi connectivity index (χ1) is 9.49. The van der Waals surface area contributed by atoms with Crippen molar-refractivity contribution in [2.24, 2.45) is 11.7 Å². The third-order valence-corrected chi connectivity index (χ3v) is 4.84. The van der Waals surface area contributed by atoms with E-state index in [2.05, 4.69) is 19.2 Å². The number of primary amides is 1. The number of anilines is 2. The summed E-state index contributed by atoms with van der Waals surface area (Å²) in [6.07, 6.45) is 3.69. The van der Waals surface area contributed by atoms with E-state index in [4.69, 9.17) is 11.5 Å². The average Bonchev–Trinajstić information content (AvgIpc) is 3.19. The third kappa shape index (κ3) is 2.80. The molecule has 5 N–H and O–H groups in total. The second-order valence-electron chi connectivity index (χ2n) is 5.21. The lowest BCUT2D eigenvalue weighted by atomic mass is 10.1. The Kier molecular flexibility index (Phi) is 4.32. The first-order valence-electron chi connectivity index (χ1n) is 7.02. The molecule has 1 heterocycles. The molecule has 1 aliphatic rings. The van der Waals surface area contributed by atoms with Crippen LogP contribution in [0.15, 0.2) is 0 Å². The van der Waals surface area contributed by atoms with Gasteiger partial charge in [-0.15, -0.1) is 11.3 Å². The van der Waals surface area contributed by atoms with E-state index in [0.717, 1.165) is 25.7 Å². The molecule has 0 radical (unpaired) electrons. The van der Waals surface area contributed by atoms with Crippen LogP contribution in [-0.2, 0) is 0 Å². The Hall–Kier alpha value is -1.56. The highest BCUT2D eigenvalue weighted by Gasteiger charge is 2.35. The van der Waals surface area contributed by atoms with E-state index in [0.29, 0.717) is 9.88 Å². The lowest BCUT2D eigenvalue weighted by molar-refractivity contribution is 0.0972. The minimum atomic E-state index is -0.581. The smallest absolute Gasteiger partial charge is 0.253 e. The van der Waals surface area contributed by atoms with Gasteiger partial charge in [-0.25, -0.2) is 0 Å². The molecule has 0 unspecified atom stereocenters. The number of carbonyl (C=O) groups excluding carboxylic acids is 2. The molecule has 0 aliphatic heterocycles. The van der Waals surface area contributed by atoms with Gasteiger partial charge >= 0.3 is 0 Å². The second-order valence-corrected chi connectivity index (χ2v) is 6.23. The van der Waals surface area contributed by atoms with Gasteiger partial charge in [-0.05, 0) is 25.7 Å². The van der Waals surface area contributed by atoms with E-state index in [1.54, 1.807) is 0 Å². The van der Waals surface area contributed by atoms with E-state index >= 15 is 0 Å². The highest BCUT2D eigenvalue weighted by atomic mass is 32.1. The van der Waals surface area contributed by atoms with Crippen LogP contribution in [0.5, 0.6) is 0 Å². The Bertz CT molecular complexity index is 531. The minimum absolute atomic E-state index is 0.0487. The summed E-state index contributed by atoms with van der Waals surface area (Å²) in [6, 6.07) is 0.245. The zero-order valence-corrected chi connectivity index (χ0v) is 12.7. The molecule has 1 aliphatic carbocycles. The fourth-order valence-corrected chi connectivity index (χ4v) is 3.40. The zero-order chi connectivity index (χ0) is 14.9. The first kappa shape index (κ1) is 14.8. The molecule has 1 fully saturated rings. The standard InChI is InChI=1S/C14H21N3O2S/c1-3-8(4-2)17-14-9(13(16)19)10(15)12(20-14)11(18)7-5-6-7/h7-8,17H,3-6,15H2,1-2H3,(H2,16,19). The largest absolute Gasteiger partial charge is 0.397 e. The second kappa shape index (κ2) is 5.83. The number of amides is 1. The summed E-state index contributed by atoms with van der Waals surface area (Å²) in [5, 5.41) is 3.92. The molecule has 0 bridgehead atoms. The monoisotopic (exact) mass is 295 g/mol. The lowest BCUT2D eigenvalue weighted by Crippen LogP contribution is -2.20. The fourth-order valence-electron chi connectivity index (χ4n) is 2.18. The molecule has 5 nitrogen and oxygen atoms in total. The molecule has 0 spiro atoms. The van der Waals surface area contributed by atoms with E-state index in [1.807, 2.05) is 0 Å². The summed E-state index contributed by atoms with van der Waals surface area (Å²) < 4.78 is 0. The van der Waals surface area contributed by atoms with Crippen molar-refractivity contribution in [3.63, 3.8) is 0 Å². The predicted octanol–water partition coefficient (Wildman–Crippen LogP) is 2.62. The Morgan fingerprint density at radius 1 is 1.35 bits per heavy atom. The molecule has 20 heavy (non-hydrogen) atoms. The molecule has 1 amide bonds. The van der Waals surface area contributed by atoms with Crippen molar-refractivity contribution in [3.8, 4) is 0 Å². The Morgan fingerprint density at radius 2 is 1.95 bits per heavy atom. The van der Waals surface area contributed by atoms with Crippen LogP contribution in [0, 0.1) is 5.92 Å². The van der Waals surface area contributed by atoms with Gasteiger partial charge in [-0.2, -0.15) is 0 Å². The predicted molar refractivity (Wildman–Crippen MR) is 82.3 cm³/mol. The van der Waals surface area contributed by atoms with Crippen molar-refractivity contribution in [3.05, 3.63) is 10.4 Å². The summed E-state index contributed by atoms with van der Waals surface area (Å²) >= 11 is 1.26. The van der Waals surface area contributed by atoms with Crippen molar-refractivity contribution in [2.45, 2.75) is 45.6 Å². The van der Waals surface area contributed by atoms with Crippen LogP contribution in [0.25, 0.3) is 0 Å². The van der Waals surface area contributed by atoms with Crippen LogP contribution in [0.2, 0.25) is 0 Å². The van der Waals surface area contributed by atoms with Crippen molar-refractivity contribution in [1.82, 2.24) is 0 Å². The van der Waals surface area contributed by atoms with Crippen molar-refractivity contribution >= 4 is 33.7 Å². The summed E-state index contributed by atoms with van der Waals surface area (Å²) in [4.78, 5) is 24.3. The van der Waals surface area contributed by atoms with E-state index < -0.39 is 5.91 Å². The molecular weight excluding hydrogens is 274 g/mol. The van der Waals surface area contributed by atoms with Crippen molar-refractivity contribution in [2.75, 3.05) is 11.1 Å². The average molecular weight is 295 g/mol. The van der Waals surface area contributed by atoms with Crippen LogP contribution in [0.1, 0.15) is 59.6 Å². The lowest BCUT2D eigenvalue weighted by Gasteiger charge is -2.15. The maximum Gasteiger partial charge on any atom is 0.253 e. The third-order valence-electron chi connectivity index (χ3n) is 3.68. The highest BCUT2D eigenvalue weighted by Crippen LogP contribution is 2.41. The molecular formula is C14H21N3O2S. The number of hydrogen-bond acceptors (Lipinski definition) is 5. The van der Waals surface area contributed by atoms with Gasteiger partial charge in [-0.1, -0.05) is 13.8 Å². The van der Waals surface area contributed by atoms with Gasteiger partial charge in [0.25, 0.3) is 5.91 Å². The van der Waals surface area contributed by atoms with Crippen molar-refractivity contribution in [1.29, 1.82) is 0 Å². The topological polar surface area (TPSA) is 98.2 Å². The molecule has 2 rings (SSSR count). The summed E-state index contributed by atoms with van der Waals surface area (Å²) in [6.45, 7) is 4.14. The maximum atomic E-state index is 12.2. The number of carbonyl (C=O) groups is 2. The number of ketones is 1. The van der Waals surface area contributed by atoms with E-state index in [1.165, 1.54) is 11.3 Å². The van der Waals surface area contributed by atoms with Gasteiger partial charge in [0, 0.05) is 12.0 Å². The van der Waals surface area contributed by atoms with E-state index in [9.17, 15) is 9.59 Å². The maximum absolute atomic E-state index is 12.2. The van der Waals surface area contributed by atoms with Gasteiger partial charge in [0.05, 0.1) is 16.1 Å². The Balaban J connectivity index is 2.36. The van der Waals surface area contributed by atoms with Crippen LogP contribution in [0.3, 0.4) is 0 Å². The number of thiophene rings is 1. The zero-order valence-electron chi connectivity index (χ0n) is 11.9. The highest BCUT2D eigenvalue weighted by molar-refractivity contribution is 7.19. The fraction of sp³-hybridized carbons (Fsp3) is 0.571. The SMILES string of the molecule is CCC(CC)Nc1sc(C(=O)C2CC2)c(N)c1C(N)=O. The van der Waals surface area contributed by atoms with E-state index in [-0.39, 0.29) is 29.0 Å². The molecule has 0 saturated heterocycles. The van der Waals surface area contributed by atoms with Crippen LogP contribution in [-0.4, -0.2) is 17.7 Å². The minimum Gasteiger partial charge on any atom is -0.397 e. The molecule has 1 aromatic heterocycles. The number of hydrogen-bond donors (Lipinski definition) is 3. The Labute approximate surface area is 122 Å². The van der Waals surface area contributed by atoms with Crippen LogP contribution < -0.4 is 16.8 Å². The molecule has 0 atom stereocenters. The van der Waals surface area contributed by atoms with Gasteiger partial charge < -0.3 is 16.8 Å². The normalized spacial score (nSPS) is 14.6. The molecule has 0 aromatic carbocycles.